The highest BCUT2D eigenvalue weighted by molar-refractivity contribution is 5.65. The second-order valence-electron chi connectivity index (χ2n) is 5.01. The lowest BCUT2D eigenvalue weighted by atomic mass is 10.1. The van der Waals surface area contributed by atoms with Crippen molar-refractivity contribution in [1.82, 2.24) is 5.32 Å². The molecular weight excluding hydrogens is 226 g/mol. The van der Waals surface area contributed by atoms with Crippen LogP contribution < -0.4 is 20.3 Å². The molecule has 2 rings (SSSR count). The van der Waals surface area contributed by atoms with Gasteiger partial charge in [0.1, 0.15) is 5.75 Å². The van der Waals surface area contributed by atoms with E-state index in [1.165, 1.54) is 5.69 Å². The quantitative estimate of drug-likeness (QED) is 0.858. The van der Waals surface area contributed by atoms with Gasteiger partial charge in [-0.2, -0.15) is 0 Å². The molecule has 1 aromatic carbocycles. The normalized spacial score (nSPS) is 23.9. The maximum absolute atomic E-state index is 5.33. The van der Waals surface area contributed by atoms with Crippen molar-refractivity contribution in [2.24, 2.45) is 0 Å². The number of hydrogen-bond acceptors (Lipinski definition) is 4. The SMILES string of the molecule is CNc1cc(N2CC(C)NC(C)C2)ccc1OC. The Morgan fingerprint density at radius 1 is 1.28 bits per heavy atom. The Balaban J connectivity index is 2.22. The highest BCUT2D eigenvalue weighted by Gasteiger charge is 2.21. The van der Waals surface area contributed by atoms with Gasteiger partial charge in [-0.3, -0.25) is 0 Å². The molecule has 2 N–H and O–H groups in total. The molecule has 2 unspecified atom stereocenters. The van der Waals surface area contributed by atoms with Crippen LogP contribution in [0.3, 0.4) is 0 Å². The van der Waals surface area contributed by atoms with Crippen LogP contribution in [0.4, 0.5) is 11.4 Å². The second-order valence-corrected chi connectivity index (χ2v) is 5.01. The van der Waals surface area contributed by atoms with E-state index in [4.69, 9.17) is 4.74 Å². The van der Waals surface area contributed by atoms with E-state index in [1.807, 2.05) is 13.1 Å². The monoisotopic (exact) mass is 249 g/mol. The van der Waals surface area contributed by atoms with Gasteiger partial charge < -0.3 is 20.3 Å². The van der Waals surface area contributed by atoms with Gasteiger partial charge in [-0.1, -0.05) is 0 Å². The standard InChI is InChI=1S/C14H23N3O/c1-10-8-17(9-11(2)16-10)12-5-6-14(18-4)13(7-12)15-3/h5-7,10-11,15-16H,8-9H2,1-4H3. The summed E-state index contributed by atoms with van der Waals surface area (Å²) in [5, 5.41) is 6.73. The van der Waals surface area contributed by atoms with E-state index in [1.54, 1.807) is 7.11 Å². The number of rotatable bonds is 3. The molecule has 0 radical (unpaired) electrons. The Hall–Kier alpha value is -1.42. The summed E-state index contributed by atoms with van der Waals surface area (Å²) in [5.41, 5.74) is 2.29. The van der Waals surface area contributed by atoms with E-state index in [2.05, 4.69) is 41.5 Å². The van der Waals surface area contributed by atoms with Crippen molar-refractivity contribution in [1.29, 1.82) is 0 Å². The van der Waals surface area contributed by atoms with Crippen LogP contribution in [0.2, 0.25) is 0 Å². The Morgan fingerprint density at radius 3 is 2.50 bits per heavy atom. The summed E-state index contributed by atoms with van der Waals surface area (Å²) < 4.78 is 5.33. The summed E-state index contributed by atoms with van der Waals surface area (Å²) in [6.45, 7) is 6.54. The number of ether oxygens (including phenoxy) is 1. The van der Waals surface area contributed by atoms with E-state index < -0.39 is 0 Å². The van der Waals surface area contributed by atoms with Crippen LogP contribution >= 0.6 is 0 Å². The van der Waals surface area contributed by atoms with Crippen molar-refractivity contribution in [3.8, 4) is 5.75 Å². The smallest absolute Gasteiger partial charge is 0.142 e. The average Bonchev–Trinajstić information content (AvgIpc) is 2.36. The Bertz CT molecular complexity index is 398. The third-order valence-corrected chi connectivity index (χ3v) is 3.38. The fourth-order valence-corrected chi connectivity index (χ4v) is 2.63. The molecule has 0 aliphatic carbocycles. The molecule has 0 amide bonds. The molecule has 1 fully saturated rings. The molecule has 1 aliphatic rings. The maximum Gasteiger partial charge on any atom is 0.142 e. The molecule has 1 saturated heterocycles. The maximum atomic E-state index is 5.33. The minimum absolute atomic E-state index is 0.522. The van der Waals surface area contributed by atoms with Crippen LogP contribution in [0, 0.1) is 0 Å². The average molecular weight is 249 g/mol. The molecule has 2 atom stereocenters. The summed E-state index contributed by atoms with van der Waals surface area (Å²) in [6.07, 6.45) is 0. The second kappa shape index (κ2) is 5.48. The largest absolute Gasteiger partial charge is 0.495 e. The highest BCUT2D eigenvalue weighted by atomic mass is 16.5. The van der Waals surface area contributed by atoms with Gasteiger partial charge in [-0.05, 0) is 32.0 Å². The van der Waals surface area contributed by atoms with Crippen molar-refractivity contribution in [2.45, 2.75) is 25.9 Å². The summed E-state index contributed by atoms with van der Waals surface area (Å²) in [4.78, 5) is 2.42. The van der Waals surface area contributed by atoms with Crippen molar-refractivity contribution in [3.63, 3.8) is 0 Å². The number of hydrogen-bond donors (Lipinski definition) is 2. The first-order valence-corrected chi connectivity index (χ1v) is 6.51. The fraction of sp³-hybridized carbons (Fsp3) is 0.571. The molecule has 1 heterocycles. The number of nitrogens with zero attached hydrogens (tertiary/aromatic N) is 1. The first-order valence-electron chi connectivity index (χ1n) is 6.51. The van der Waals surface area contributed by atoms with Crippen molar-refractivity contribution >= 4 is 11.4 Å². The van der Waals surface area contributed by atoms with Crippen LogP contribution in [0.25, 0.3) is 0 Å². The van der Waals surface area contributed by atoms with Gasteiger partial charge in [0, 0.05) is 37.9 Å². The Kier molecular flexibility index (Phi) is 3.97. The van der Waals surface area contributed by atoms with Gasteiger partial charge in [-0.15, -0.1) is 0 Å². The molecule has 0 spiro atoms. The molecule has 0 bridgehead atoms. The third kappa shape index (κ3) is 2.70. The Labute approximate surface area is 109 Å². The van der Waals surface area contributed by atoms with Gasteiger partial charge in [0.15, 0.2) is 0 Å². The zero-order valence-electron chi connectivity index (χ0n) is 11.7. The van der Waals surface area contributed by atoms with Crippen molar-refractivity contribution < 1.29 is 4.74 Å². The minimum Gasteiger partial charge on any atom is -0.495 e. The molecule has 0 aromatic heterocycles. The molecule has 4 heteroatoms. The number of anilines is 2. The van der Waals surface area contributed by atoms with Gasteiger partial charge in [0.05, 0.1) is 12.8 Å². The third-order valence-electron chi connectivity index (χ3n) is 3.38. The van der Waals surface area contributed by atoms with Crippen LogP contribution in [0.15, 0.2) is 18.2 Å². The Morgan fingerprint density at radius 2 is 1.94 bits per heavy atom. The fourth-order valence-electron chi connectivity index (χ4n) is 2.63. The van der Waals surface area contributed by atoms with E-state index in [0.29, 0.717) is 12.1 Å². The lowest BCUT2D eigenvalue weighted by molar-refractivity contribution is 0.406. The van der Waals surface area contributed by atoms with E-state index in [-0.39, 0.29) is 0 Å². The van der Waals surface area contributed by atoms with Gasteiger partial charge in [0.2, 0.25) is 0 Å². The van der Waals surface area contributed by atoms with Crippen LogP contribution in [-0.4, -0.2) is 39.3 Å². The lowest BCUT2D eigenvalue weighted by Gasteiger charge is -2.37. The first kappa shape index (κ1) is 13.0. The topological polar surface area (TPSA) is 36.5 Å². The van der Waals surface area contributed by atoms with E-state index >= 15 is 0 Å². The number of benzene rings is 1. The highest BCUT2D eigenvalue weighted by Crippen LogP contribution is 2.30. The summed E-state index contributed by atoms with van der Waals surface area (Å²) in [7, 11) is 3.62. The van der Waals surface area contributed by atoms with Crippen LogP contribution in [0.5, 0.6) is 5.75 Å². The molecule has 4 nitrogen and oxygen atoms in total. The number of methoxy groups -OCH3 is 1. The first-order chi connectivity index (χ1) is 8.63. The van der Waals surface area contributed by atoms with Crippen molar-refractivity contribution in [3.05, 3.63) is 18.2 Å². The van der Waals surface area contributed by atoms with Crippen LogP contribution in [0.1, 0.15) is 13.8 Å². The lowest BCUT2D eigenvalue weighted by Crippen LogP contribution is -2.54. The number of nitrogens with one attached hydrogen (secondary N) is 2. The summed E-state index contributed by atoms with van der Waals surface area (Å²) in [5.74, 6) is 0.887. The molecular formula is C14H23N3O. The van der Waals surface area contributed by atoms with Gasteiger partial charge >= 0.3 is 0 Å². The van der Waals surface area contributed by atoms with Gasteiger partial charge in [-0.25, -0.2) is 0 Å². The zero-order chi connectivity index (χ0) is 13.1. The van der Waals surface area contributed by atoms with Gasteiger partial charge in [0.25, 0.3) is 0 Å². The summed E-state index contributed by atoms with van der Waals surface area (Å²) >= 11 is 0. The number of piperazine rings is 1. The van der Waals surface area contributed by atoms with E-state index in [9.17, 15) is 0 Å². The zero-order valence-corrected chi connectivity index (χ0v) is 11.7. The van der Waals surface area contributed by atoms with Crippen LogP contribution in [-0.2, 0) is 0 Å². The minimum atomic E-state index is 0.522. The van der Waals surface area contributed by atoms with E-state index in [0.717, 1.165) is 24.5 Å². The molecule has 100 valence electrons. The predicted octanol–water partition coefficient (Wildman–Crippen LogP) is 1.92. The molecule has 18 heavy (non-hydrogen) atoms. The van der Waals surface area contributed by atoms with Crippen molar-refractivity contribution in [2.75, 3.05) is 37.5 Å². The molecule has 1 aromatic rings. The predicted molar refractivity (Wildman–Crippen MR) is 76.8 cm³/mol. The molecule has 0 saturated carbocycles. The summed E-state index contributed by atoms with van der Waals surface area (Å²) in [6, 6.07) is 7.36. The molecule has 1 aliphatic heterocycles.